The number of benzene rings is 2. The summed E-state index contributed by atoms with van der Waals surface area (Å²) in [6, 6.07) is 11.9. The maximum Gasteiger partial charge on any atom is 0.416 e. The Morgan fingerprint density at radius 3 is 2.52 bits per heavy atom. The Morgan fingerprint density at radius 1 is 1.19 bits per heavy atom. The first-order valence-corrected chi connectivity index (χ1v) is 9.87. The van der Waals surface area contributed by atoms with E-state index in [1.807, 2.05) is 35.9 Å². The van der Waals surface area contributed by atoms with E-state index in [0.717, 1.165) is 23.3 Å². The van der Waals surface area contributed by atoms with Crippen molar-refractivity contribution in [2.45, 2.75) is 24.6 Å². The van der Waals surface area contributed by atoms with Gasteiger partial charge in [0.25, 0.3) is 0 Å². The quantitative estimate of drug-likeness (QED) is 0.630. The summed E-state index contributed by atoms with van der Waals surface area (Å²) in [6.07, 6.45) is -0.322. The molecule has 8 heteroatoms. The lowest BCUT2D eigenvalue weighted by Crippen LogP contribution is -2.32. The lowest BCUT2D eigenvalue weighted by atomic mass is 10.0. The molecule has 1 amide bonds. The molecule has 162 valence electrons. The highest BCUT2D eigenvalue weighted by Gasteiger charge is 2.45. The van der Waals surface area contributed by atoms with Crippen molar-refractivity contribution < 1.29 is 22.7 Å². The highest BCUT2D eigenvalue weighted by molar-refractivity contribution is 5.83. The highest BCUT2D eigenvalue weighted by Crippen LogP contribution is 2.48. The van der Waals surface area contributed by atoms with Crippen LogP contribution in [-0.2, 0) is 18.0 Å². The molecule has 1 fully saturated rings. The van der Waals surface area contributed by atoms with Gasteiger partial charge in [0.05, 0.1) is 12.7 Å². The SMILES string of the molecule is COc1ccccc1C(NC(=O)C1CC1c1ccc(C(F)(F)F)cc1)c1nccn1C. The lowest BCUT2D eigenvalue weighted by Gasteiger charge is -2.21. The Morgan fingerprint density at radius 2 is 1.90 bits per heavy atom. The van der Waals surface area contributed by atoms with Gasteiger partial charge in [-0.25, -0.2) is 4.98 Å². The molecule has 2 aromatic carbocycles. The first-order chi connectivity index (χ1) is 14.8. The Labute approximate surface area is 177 Å². The smallest absolute Gasteiger partial charge is 0.416 e. The fourth-order valence-corrected chi connectivity index (χ4v) is 3.86. The number of amides is 1. The molecule has 3 unspecified atom stereocenters. The predicted molar refractivity (Wildman–Crippen MR) is 108 cm³/mol. The van der Waals surface area contributed by atoms with Crippen LogP contribution in [0.2, 0.25) is 0 Å². The summed E-state index contributed by atoms with van der Waals surface area (Å²) < 4.78 is 45.7. The van der Waals surface area contributed by atoms with Crippen LogP contribution in [0.1, 0.15) is 40.9 Å². The van der Waals surface area contributed by atoms with Crippen LogP contribution >= 0.6 is 0 Å². The zero-order valence-electron chi connectivity index (χ0n) is 17.1. The summed E-state index contributed by atoms with van der Waals surface area (Å²) in [5.41, 5.74) is 0.822. The summed E-state index contributed by atoms with van der Waals surface area (Å²) in [4.78, 5) is 17.4. The van der Waals surface area contributed by atoms with E-state index in [0.29, 0.717) is 18.0 Å². The molecule has 1 aliphatic rings. The number of aryl methyl sites for hydroxylation is 1. The third kappa shape index (κ3) is 4.28. The molecular weight excluding hydrogens is 407 g/mol. The van der Waals surface area contributed by atoms with Gasteiger partial charge in [-0.1, -0.05) is 30.3 Å². The number of hydrogen-bond donors (Lipinski definition) is 1. The summed E-state index contributed by atoms with van der Waals surface area (Å²) in [6.45, 7) is 0. The molecule has 1 N–H and O–H groups in total. The number of carbonyl (C=O) groups is 1. The van der Waals surface area contributed by atoms with Crippen LogP contribution in [0, 0.1) is 5.92 Å². The third-order valence-corrected chi connectivity index (χ3v) is 5.65. The monoisotopic (exact) mass is 429 g/mol. The summed E-state index contributed by atoms with van der Waals surface area (Å²) >= 11 is 0. The molecule has 4 rings (SSSR count). The second kappa shape index (κ2) is 8.09. The molecule has 31 heavy (non-hydrogen) atoms. The summed E-state index contributed by atoms with van der Waals surface area (Å²) in [5, 5.41) is 3.07. The van der Waals surface area contributed by atoms with Gasteiger partial charge in [-0.05, 0) is 36.1 Å². The Balaban J connectivity index is 1.53. The molecule has 1 aliphatic carbocycles. The van der Waals surface area contributed by atoms with Gasteiger partial charge < -0.3 is 14.6 Å². The van der Waals surface area contributed by atoms with Gasteiger partial charge in [-0.3, -0.25) is 4.79 Å². The Hall–Kier alpha value is -3.29. The van der Waals surface area contributed by atoms with Crippen molar-refractivity contribution >= 4 is 5.91 Å². The van der Waals surface area contributed by atoms with Gasteiger partial charge in [0.1, 0.15) is 17.6 Å². The van der Waals surface area contributed by atoms with Crippen molar-refractivity contribution in [3.05, 3.63) is 83.4 Å². The lowest BCUT2D eigenvalue weighted by molar-refractivity contribution is -0.137. The maximum absolute atomic E-state index is 13.0. The van der Waals surface area contributed by atoms with Crippen molar-refractivity contribution in [1.29, 1.82) is 0 Å². The average Bonchev–Trinajstić information content (AvgIpc) is 3.45. The molecule has 0 saturated heterocycles. The van der Waals surface area contributed by atoms with E-state index in [2.05, 4.69) is 10.3 Å². The van der Waals surface area contributed by atoms with E-state index < -0.39 is 17.8 Å². The zero-order valence-corrected chi connectivity index (χ0v) is 17.1. The van der Waals surface area contributed by atoms with Gasteiger partial charge in [0.15, 0.2) is 0 Å². The molecule has 1 saturated carbocycles. The summed E-state index contributed by atoms with van der Waals surface area (Å²) in [5.74, 6) is 0.732. The number of nitrogens with one attached hydrogen (secondary N) is 1. The van der Waals surface area contributed by atoms with E-state index in [4.69, 9.17) is 4.74 Å². The first-order valence-electron chi connectivity index (χ1n) is 9.87. The van der Waals surface area contributed by atoms with E-state index in [9.17, 15) is 18.0 Å². The number of halogens is 3. The fourth-order valence-electron chi connectivity index (χ4n) is 3.86. The number of methoxy groups -OCH3 is 1. The molecule has 5 nitrogen and oxygen atoms in total. The number of hydrogen-bond acceptors (Lipinski definition) is 3. The van der Waals surface area contributed by atoms with Crippen LogP contribution in [-0.4, -0.2) is 22.6 Å². The zero-order chi connectivity index (χ0) is 22.2. The minimum absolute atomic E-state index is 0.0954. The number of alkyl halides is 3. The number of aromatic nitrogens is 2. The minimum atomic E-state index is -4.37. The fraction of sp³-hybridized carbons (Fsp3) is 0.304. The molecule has 1 heterocycles. The molecule has 1 aromatic heterocycles. The second-order valence-electron chi connectivity index (χ2n) is 7.65. The van der Waals surface area contributed by atoms with Crippen LogP contribution in [0.25, 0.3) is 0 Å². The number of para-hydroxylation sites is 1. The number of imidazole rings is 1. The largest absolute Gasteiger partial charge is 0.496 e. The number of carbonyl (C=O) groups excluding carboxylic acids is 1. The normalized spacial score (nSPS) is 19.0. The van der Waals surface area contributed by atoms with Crippen molar-refractivity contribution in [3.63, 3.8) is 0 Å². The van der Waals surface area contributed by atoms with Gasteiger partial charge >= 0.3 is 6.18 Å². The Kier molecular flexibility index (Phi) is 5.47. The highest BCUT2D eigenvalue weighted by atomic mass is 19.4. The van der Waals surface area contributed by atoms with Crippen molar-refractivity contribution in [3.8, 4) is 5.75 Å². The minimum Gasteiger partial charge on any atom is -0.496 e. The standard InChI is InChI=1S/C23H22F3N3O2/c1-29-12-11-27-21(29)20(16-5-3-4-6-19(16)31-2)28-22(30)18-13-17(18)14-7-9-15(10-8-14)23(24,25)26/h3-12,17-18,20H,13H2,1-2H3,(H,28,30). The molecule has 3 aromatic rings. The van der Waals surface area contributed by atoms with Gasteiger partial charge in [0.2, 0.25) is 5.91 Å². The molecule has 3 atom stereocenters. The van der Waals surface area contributed by atoms with Crippen LogP contribution in [0.4, 0.5) is 13.2 Å². The van der Waals surface area contributed by atoms with E-state index in [1.54, 1.807) is 19.5 Å². The first kappa shape index (κ1) is 21.0. The maximum atomic E-state index is 13.0. The average molecular weight is 429 g/mol. The van der Waals surface area contributed by atoms with Gasteiger partial charge in [-0.2, -0.15) is 13.2 Å². The number of nitrogens with zero attached hydrogens (tertiary/aromatic N) is 2. The van der Waals surface area contributed by atoms with Crippen molar-refractivity contribution in [2.24, 2.45) is 13.0 Å². The molecular formula is C23H22F3N3O2. The number of rotatable bonds is 6. The van der Waals surface area contributed by atoms with E-state index in [-0.39, 0.29) is 17.7 Å². The third-order valence-electron chi connectivity index (χ3n) is 5.65. The van der Waals surface area contributed by atoms with Crippen molar-refractivity contribution in [1.82, 2.24) is 14.9 Å². The molecule has 0 bridgehead atoms. The van der Waals surface area contributed by atoms with E-state index in [1.165, 1.54) is 12.1 Å². The van der Waals surface area contributed by atoms with Gasteiger partial charge in [0, 0.05) is 30.9 Å². The molecule has 0 radical (unpaired) electrons. The molecule has 0 aliphatic heterocycles. The Bertz CT molecular complexity index is 1080. The topological polar surface area (TPSA) is 56.1 Å². The van der Waals surface area contributed by atoms with Crippen LogP contribution in [0.15, 0.2) is 60.9 Å². The van der Waals surface area contributed by atoms with Crippen LogP contribution < -0.4 is 10.1 Å². The predicted octanol–water partition coefficient (Wildman–Crippen LogP) is 4.46. The second-order valence-corrected chi connectivity index (χ2v) is 7.65. The molecule has 0 spiro atoms. The van der Waals surface area contributed by atoms with E-state index >= 15 is 0 Å². The van der Waals surface area contributed by atoms with Crippen LogP contribution in [0.3, 0.4) is 0 Å². The number of ether oxygens (including phenoxy) is 1. The summed E-state index contributed by atoms with van der Waals surface area (Å²) in [7, 11) is 3.41. The van der Waals surface area contributed by atoms with Crippen LogP contribution in [0.5, 0.6) is 5.75 Å². The van der Waals surface area contributed by atoms with Crippen molar-refractivity contribution in [2.75, 3.05) is 7.11 Å². The van der Waals surface area contributed by atoms with Gasteiger partial charge in [-0.15, -0.1) is 0 Å².